The van der Waals surface area contributed by atoms with Gasteiger partial charge < -0.3 is 4.90 Å². The number of hydrogen-bond acceptors (Lipinski definition) is 3. The van der Waals surface area contributed by atoms with Gasteiger partial charge in [0.15, 0.2) is 5.15 Å². The fraction of sp³-hybridized carbons (Fsp3) is 0.727. The molecule has 2 heterocycles. The van der Waals surface area contributed by atoms with Crippen LogP contribution in [-0.4, -0.2) is 52.3 Å². The summed E-state index contributed by atoms with van der Waals surface area (Å²) in [7, 11) is 1.95. The van der Waals surface area contributed by atoms with Crippen molar-refractivity contribution in [3.05, 3.63) is 16.9 Å². The van der Waals surface area contributed by atoms with Crippen molar-refractivity contribution >= 4 is 11.6 Å². The van der Waals surface area contributed by atoms with Crippen LogP contribution in [0.25, 0.3) is 0 Å². The van der Waals surface area contributed by atoms with Gasteiger partial charge in [0.1, 0.15) is 0 Å². The van der Waals surface area contributed by atoms with Gasteiger partial charge in [-0.25, -0.2) is 0 Å². The molecule has 0 spiro atoms. The van der Waals surface area contributed by atoms with E-state index in [1.807, 2.05) is 17.8 Å². The van der Waals surface area contributed by atoms with E-state index in [1.165, 1.54) is 18.8 Å². The third-order valence-electron chi connectivity index (χ3n) is 3.24. The average molecular weight is 243 g/mol. The second-order valence-electron chi connectivity index (χ2n) is 4.29. The van der Waals surface area contributed by atoms with Crippen LogP contribution in [0.2, 0.25) is 5.15 Å². The second-order valence-corrected chi connectivity index (χ2v) is 4.68. The molecule has 1 aromatic heterocycles. The Morgan fingerprint density at radius 2 is 1.88 bits per heavy atom. The number of rotatable bonds is 3. The highest BCUT2D eigenvalue weighted by atomic mass is 35.5. The first kappa shape index (κ1) is 11.9. The van der Waals surface area contributed by atoms with Gasteiger partial charge in [-0.05, 0) is 12.6 Å². The minimum Gasteiger partial charge on any atom is -0.301 e. The molecular formula is C11H19ClN4. The van der Waals surface area contributed by atoms with Gasteiger partial charge in [0.25, 0.3) is 0 Å². The van der Waals surface area contributed by atoms with E-state index in [0.717, 1.165) is 26.2 Å². The number of halogens is 1. The van der Waals surface area contributed by atoms with Crippen molar-refractivity contribution < 1.29 is 0 Å². The van der Waals surface area contributed by atoms with E-state index in [9.17, 15) is 0 Å². The van der Waals surface area contributed by atoms with Crippen LogP contribution in [0.4, 0.5) is 0 Å². The van der Waals surface area contributed by atoms with Crippen molar-refractivity contribution in [3.63, 3.8) is 0 Å². The Hall–Kier alpha value is -0.580. The van der Waals surface area contributed by atoms with Gasteiger partial charge in [0.2, 0.25) is 0 Å². The molecule has 0 unspecified atom stereocenters. The molecule has 0 saturated carbocycles. The molecule has 2 rings (SSSR count). The molecule has 5 heteroatoms. The lowest BCUT2D eigenvalue weighted by Gasteiger charge is -2.33. The first-order chi connectivity index (χ1) is 7.69. The van der Waals surface area contributed by atoms with Crippen molar-refractivity contribution in [2.75, 3.05) is 32.7 Å². The summed E-state index contributed by atoms with van der Waals surface area (Å²) in [4.78, 5) is 4.94. The van der Waals surface area contributed by atoms with Crippen molar-refractivity contribution in [2.45, 2.75) is 13.5 Å². The molecule has 0 atom stereocenters. The van der Waals surface area contributed by atoms with E-state index in [-0.39, 0.29) is 0 Å². The van der Waals surface area contributed by atoms with E-state index in [2.05, 4.69) is 21.8 Å². The van der Waals surface area contributed by atoms with Crippen molar-refractivity contribution in [1.29, 1.82) is 0 Å². The molecule has 0 bridgehead atoms. The van der Waals surface area contributed by atoms with E-state index in [0.29, 0.717) is 5.15 Å². The highest BCUT2D eigenvalue weighted by Gasteiger charge is 2.16. The van der Waals surface area contributed by atoms with Crippen LogP contribution >= 0.6 is 11.6 Å². The Labute approximate surface area is 102 Å². The monoisotopic (exact) mass is 242 g/mol. The number of nitrogens with zero attached hydrogens (tertiary/aromatic N) is 4. The van der Waals surface area contributed by atoms with Gasteiger partial charge in [-0.1, -0.05) is 18.5 Å². The first-order valence-electron chi connectivity index (χ1n) is 5.82. The zero-order valence-corrected chi connectivity index (χ0v) is 10.7. The summed E-state index contributed by atoms with van der Waals surface area (Å²) in [6, 6.07) is 1.95. The summed E-state index contributed by atoms with van der Waals surface area (Å²) in [6.07, 6.45) is 0. The van der Waals surface area contributed by atoms with Gasteiger partial charge in [-0.3, -0.25) is 9.58 Å². The summed E-state index contributed by atoms with van der Waals surface area (Å²) in [5.41, 5.74) is 1.19. The van der Waals surface area contributed by atoms with Crippen LogP contribution in [0, 0.1) is 0 Å². The molecule has 0 amide bonds. The van der Waals surface area contributed by atoms with Crippen LogP contribution in [0.5, 0.6) is 0 Å². The van der Waals surface area contributed by atoms with Gasteiger partial charge in [-0.15, -0.1) is 0 Å². The third-order valence-corrected chi connectivity index (χ3v) is 3.43. The van der Waals surface area contributed by atoms with E-state index >= 15 is 0 Å². The predicted molar refractivity (Wildman–Crippen MR) is 65.6 cm³/mol. The molecule has 1 aliphatic heterocycles. The number of aryl methyl sites for hydroxylation is 1. The van der Waals surface area contributed by atoms with Gasteiger partial charge in [-0.2, -0.15) is 5.10 Å². The summed E-state index contributed by atoms with van der Waals surface area (Å²) < 4.78 is 1.87. The molecule has 1 aromatic rings. The Balaban J connectivity index is 1.89. The zero-order valence-electron chi connectivity index (χ0n) is 9.99. The van der Waals surface area contributed by atoms with E-state index in [4.69, 9.17) is 11.6 Å². The summed E-state index contributed by atoms with van der Waals surface area (Å²) >= 11 is 5.87. The quantitative estimate of drug-likeness (QED) is 0.797. The molecular weight excluding hydrogens is 224 g/mol. The van der Waals surface area contributed by atoms with E-state index in [1.54, 1.807) is 0 Å². The lowest BCUT2D eigenvalue weighted by Crippen LogP contribution is -2.45. The molecule has 16 heavy (non-hydrogen) atoms. The van der Waals surface area contributed by atoms with Gasteiger partial charge in [0.05, 0.1) is 5.69 Å². The molecule has 0 N–H and O–H groups in total. The van der Waals surface area contributed by atoms with Gasteiger partial charge >= 0.3 is 0 Å². The molecule has 1 fully saturated rings. The largest absolute Gasteiger partial charge is 0.301 e. The minimum atomic E-state index is 0.588. The standard InChI is InChI=1S/C11H19ClN4/c1-3-15-4-6-16(7-5-15)9-10-8-11(12)13-14(10)2/h8H,3-7,9H2,1-2H3. The molecule has 0 aromatic carbocycles. The average Bonchev–Trinajstić information content (AvgIpc) is 2.59. The van der Waals surface area contributed by atoms with Crippen molar-refractivity contribution in [1.82, 2.24) is 19.6 Å². The number of aromatic nitrogens is 2. The number of piperazine rings is 1. The van der Waals surface area contributed by atoms with Crippen molar-refractivity contribution in [3.8, 4) is 0 Å². The van der Waals surface area contributed by atoms with Crippen LogP contribution in [0.3, 0.4) is 0 Å². The van der Waals surface area contributed by atoms with Crippen LogP contribution in [0.15, 0.2) is 6.07 Å². The molecule has 1 saturated heterocycles. The minimum absolute atomic E-state index is 0.588. The third kappa shape index (κ3) is 2.75. The lowest BCUT2D eigenvalue weighted by molar-refractivity contribution is 0.129. The lowest BCUT2D eigenvalue weighted by atomic mass is 10.3. The Kier molecular flexibility index (Phi) is 3.84. The molecule has 0 radical (unpaired) electrons. The molecule has 4 nitrogen and oxygen atoms in total. The second kappa shape index (κ2) is 5.17. The van der Waals surface area contributed by atoms with Crippen LogP contribution < -0.4 is 0 Å². The van der Waals surface area contributed by atoms with Gasteiger partial charge in [0, 0.05) is 39.8 Å². The topological polar surface area (TPSA) is 24.3 Å². The number of likely N-dealkylation sites (N-methyl/N-ethyl adjacent to an activating group) is 1. The number of hydrogen-bond donors (Lipinski definition) is 0. The van der Waals surface area contributed by atoms with Crippen molar-refractivity contribution in [2.24, 2.45) is 7.05 Å². The van der Waals surface area contributed by atoms with Crippen LogP contribution in [0.1, 0.15) is 12.6 Å². The fourth-order valence-corrected chi connectivity index (χ4v) is 2.35. The highest BCUT2D eigenvalue weighted by molar-refractivity contribution is 6.29. The maximum Gasteiger partial charge on any atom is 0.151 e. The normalized spacial score (nSPS) is 19.2. The molecule has 90 valence electrons. The predicted octanol–water partition coefficient (Wildman–Crippen LogP) is 1.21. The summed E-state index contributed by atoms with van der Waals surface area (Å²) in [5.74, 6) is 0. The SMILES string of the molecule is CCN1CCN(Cc2cc(Cl)nn2C)CC1. The highest BCUT2D eigenvalue weighted by Crippen LogP contribution is 2.12. The zero-order chi connectivity index (χ0) is 11.5. The van der Waals surface area contributed by atoms with E-state index < -0.39 is 0 Å². The summed E-state index contributed by atoms with van der Waals surface area (Å²) in [5, 5.41) is 4.74. The molecule has 0 aliphatic carbocycles. The smallest absolute Gasteiger partial charge is 0.151 e. The Bertz CT molecular complexity index is 342. The Morgan fingerprint density at radius 3 is 2.38 bits per heavy atom. The fourth-order valence-electron chi connectivity index (χ4n) is 2.11. The maximum atomic E-state index is 5.87. The first-order valence-corrected chi connectivity index (χ1v) is 6.20. The Morgan fingerprint density at radius 1 is 1.25 bits per heavy atom. The van der Waals surface area contributed by atoms with Crippen LogP contribution in [-0.2, 0) is 13.6 Å². The summed E-state index contributed by atoms with van der Waals surface area (Å²) in [6.45, 7) is 8.94. The maximum absolute atomic E-state index is 5.87. The molecule has 1 aliphatic rings.